The summed E-state index contributed by atoms with van der Waals surface area (Å²) in [6, 6.07) is 8.92. The minimum atomic E-state index is -0.921. The second kappa shape index (κ2) is 8.05. The quantitative estimate of drug-likeness (QED) is 0.733. The van der Waals surface area contributed by atoms with Gasteiger partial charge in [0, 0.05) is 25.4 Å². The van der Waals surface area contributed by atoms with Crippen molar-refractivity contribution in [2.45, 2.75) is 18.6 Å². The molecule has 1 saturated heterocycles. The van der Waals surface area contributed by atoms with Crippen molar-refractivity contribution in [3.05, 3.63) is 53.9 Å². The van der Waals surface area contributed by atoms with Crippen LogP contribution >= 0.6 is 0 Å². The normalized spacial score (nSPS) is 19.4. The second-order valence-electron chi connectivity index (χ2n) is 6.29. The van der Waals surface area contributed by atoms with Gasteiger partial charge in [0.2, 0.25) is 0 Å². The van der Waals surface area contributed by atoms with Crippen LogP contribution in [-0.2, 0) is 0 Å². The number of nitrogens with zero attached hydrogens (tertiary/aromatic N) is 2. The number of methoxy groups -OCH3 is 1. The van der Waals surface area contributed by atoms with Gasteiger partial charge >= 0.3 is 0 Å². The van der Waals surface area contributed by atoms with Gasteiger partial charge in [0.15, 0.2) is 0 Å². The number of hydrogen-bond donors (Lipinski definition) is 3. The number of phenolic OH excluding ortho intramolecular Hbond substituents is 1. The SMILES string of the molecule is COc1ccc(C(=O)N[C@@H]2CCN(C(=O)c3ccccn3)C[C@H]2O)c(O)c1. The number of carbonyl (C=O) groups excluding carboxylic acids is 2. The van der Waals surface area contributed by atoms with E-state index in [1.54, 1.807) is 24.3 Å². The molecule has 8 heteroatoms. The fourth-order valence-corrected chi connectivity index (χ4v) is 3.01. The van der Waals surface area contributed by atoms with Crippen LogP contribution in [0.3, 0.4) is 0 Å². The van der Waals surface area contributed by atoms with E-state index in [1.807, 2.05) is 0 Å². The van der Waals surface area contributed by atoms with Crippen LogP contribution in [0.4, 0.5) is 0 Å². The summed E-state index contributed by atoms with van der Waals surface area (Å²) in [7, 11) is 1.46. The number of aliphatic hydroxyl groups is 1. The van der Waals surface area contributed by atoms with E-state index in [-0.39, 0.29) is 23.8 Å². The molecule has 1 aliphatic rings. The maximum Gasteiger partial charge on any atom is 0.272 e. The molecule has 0 unspecified atom stereocenters. The van der Waals surface area contributed by atoms with E-state index < -0.39 is 18.1 Å². The number of aromatic hydroxyl groups is 1. The number of nitrogens with one attached hydrogen (secondary N) is 1. The second-order valence-corrected chi connectivity index (χ2v) is 6.29. The number of benzene rings is 1. The van der Waals surface area contributed by atoms with Crippen LogP contribution in [0, 0.1) is 0 Å². The lowest BCUT2D eigenvalue weighted by atomic mass is 10.0. The van der Waals surface area contributed by atoms with Crippen LogP contribution in [-0.4, -0.2) is 64.3 Å². The van der Waals surface area contributed by atoms with Crippen molar-refractivity contribution in [1.29, 1.82) is 0 Å². The standard InChI is InChI=1S/C19H21N3O5/c1-27-12-5-6-13(16(23)10-12)18(25)21-14-7-9-22(11-17(14)24)19(26)15-4-2-3-8-20-15/h2-6,8,10,14,17,23-24H,7,9,11H2,1H3,(H,21,25)/t14-,17-/m1/s1. The fourth-order valence-electron chi connectivity index (χ4n) is 3.01. The molecule has 2 amide bonds. The Labute approximate surface area is 156 Å². The van der Waals surface area contributed by atoms with Gasteiger partial charge in [-0.1, -0.05) is 6.07 Å². The number of carbonyl (C=O) groups is 2. The molecule has 2 atom stereocenters. The maximum atomic E-state index is 12.4. The van der Waals surface area contributed by atoms with Gasteiger partial charge in [-0.15, -0.1) is 0 Å². The Morgan fingerprint density at radius 2 is 2.11 bits per heavy atom. The number of pyridine rings is 1. The van der Waals surface area contributed by atoms with Crippen molar-refractivity contribution in [2.24, 2.45) is 0 Å². The van der Waals surface area contributed by atoms with E-state index >= 15 is 0 Å². The fraction of sp³-hybridized carbons (Fsp3) is 0.316. The molecule has 1 aromatic heterocycles. The number of phenols is 1. The highest BCUT2D eigenvalue weighted by molar-refractivity contribution is 5.97. The molecule has 142 valence electrons. The summed E-state index contributed by atoms with van der Waals surface area (Å²) in [6.45, 7) is 0.473. The molecule has 0 spiro atoms. The lowest BCUT2D eigenvalue weighted by Crippen LogP contribution is -2.55. The van der Waals surface area contributed by atoms with Gasteiger partial charge < -0.3 is 25.2 Å². The van der Waals surface area contributed by atoms with E-state index in [9.17, 15) is 19.8 Å². The molecule has 1 aromatic carbocycles. The first-order chi connectivity index (χ1) is 13.0. The summed E-state index contributed by atoms with van der Waals surface area (Å²) in [5.74, 6) is -0.523. The average Bonchev–Trinajstić information content (AvgIpc) is 2.69. The summed E-state index contributed by atoms with van der Waals surface area (Å²) in [5, 5.41) is 23.1. The molecule has 1 fully saturated rings. The number of amides is 2. The molecular formula is C19H21N3O5. The Morgan fingerprint density at radius 3 is 2.74 bits per heavy atom. The number of aliphatic hydroxyl groups excluding tert-OH is 1. The average molecular weight is 371 g/mol. The third-order valence-electron chi connectivity index (χ3n) is 4.52. The summed E-state index contributed by atoms with van der Waals surface area (Å²) in [6.07, 6.45) is 1.01. The van der Waals surface area contributed by atoms with Crippen molar-refractivity contribution in [3.63, 3.8) is 0 Å². The molecule has 2 aromatic rings. The first kappa shape index (κ1) is 18.7. The smallest absolute Gasteiger partial charge is 0.272 e. The van der Waals surface area contributed by atoms with Crippen LogP contribution in [0.15, 0.2) is 42.6 Å². The highest BCUT2D eigenvalue weighted by Gasteiger charge is 2.32. The van der Waals surface area contributed by atoms with Crippen LogP contribution in [0.1, 0.15) is 27.3 Å². The van der Waals surface area contributed by atoms with Crippen LogP contribution in [0.5, 0.6) is 11.5 Å². The molecule has 8 nitrogen and oxygen atoms in total. The van der Waals surface area contributed by atoms with Gasteiger partial charge in [0.25, 0.3) is 11.8 Å². The molecular weight excluding hydrogens is 350 g/mol. The number of hydrogen-bond acceptors (Lipinski definition) is 6. The van der Waals surface area contributed by atoms with Crippen molar-refractivity contribution in [3.8, 4) is 11.5 Å². The summed E-state index contributed by atoms with van der Waals surface area (Å²) >= 11 is 0. The predicted molar refractivity (Wildman–Crippen MR) is 96.7 cm³/mol. The lowest BCUT2D eigenvalue weighted by molar-refractivity contribution is 0.0311. The van der Waals surface area contributed by atoms with Crippen molar-refractivity contribution < 1.29 is 24.5 Å². The zero-order valence-electron chi connectivity index (χ0n) is 14.8. The Hall–Kier alpha value is -3.13. The molecule has 3 rings (SSSR count). The molecule has 0 saturated carbocycles. The van der Waals surface area contributed by atoms with Crippen LogP contribution < -0.4 is 10.1 Å². The number of likely N-dealkylation sites (tertiary alicyclic amines) is 1. The van der Waals surface area contributed by atoms with Crippen molar-refractivity contribution in [2.75, 3.05) is 20.2 Å². The number of aromatic nitrogens is 1. The lowest BCUT2D eigenvalue weighted by Gasteiger charge is -2.36. The van der Waals surface area contributed by atoms with Crippen molar-refractivity contribution >= 4 is 11.8 Å². The zero-order chi connectivity index (χ0) is 19.4. The van der Waals surface area contributed by atoms with E-state index in [0.29, 0.717) is 24.4 Å². The molecule has 1 aliphatic heterocycles. The molecule has 0 radical (unpaired) electrons. The van der Waals surface area contributed by atoms with E-state index in [1.165, 1.54) is 30.3 Å². The predicted octanol–water partition coefficient (Wildman–Crippen LogP) is 0.801. The van der Waals surface area contributed by atoms with E-state index in [4.69, 9.17) is 4.74 Å². The van der Waals surface area contributed by atoms with Gasteiger partial charge in [-0.25, -0.2) is 0 Å². The molecule has 2 heterocycles. The summed E-state index contributed by atoms with van der Waals surface area (Å²) < 4.78 is 4.99. The molecule has 27 heavy (non-hydrogen) atoms. The number of β-amino-alcohol motifs (C(OH)–C–C–N with tert-alkyl or cyclic N) is 1. The Bertz CT molecular complexity index is 827. The summed E-state index contributed by atoms with van der Waals surface area (Å²) in [5.41, 5.74) is 0.408. The van der Waals surface area contributed by atoms with Crippen LogP contribution in [0.25, 0.3) is 0 Å². The Morgan fingerprint density at radius 1 is 1.30 bits per heavy atom. The number of piperidine rings is 1. The van der Waals surface area contributed by atoms with E-state index in [2.05, 4.69) is 10.3 Å². The topological polar surface area (TPSA) is 112 Å². The highest BCUT2D eigenvalue weighted by Crippen LogP contribution is 2.24. The minimum Gasteiger partial charge on any atom is -0.507 e. The Balaban J connectivity index is 1.62. The van der Waals surface area contributed by atoms with Gasteiger partial charge in [-0.3, -0.25) is 14.6 Å². The van der Waals surface area contributed by atoms with Gasteiger partial charge in [0.05, 0.1) is 24.8 Å². The molecule has 0 aliphatic carbocycles. The Kier molecular flexibility index (Phi) is 5.56. The number of rotatable bonds is 4. The first-order valence-electron chi connectivity index (χ1n) is 8.56. The van der Waals surface area contributed by atoms with Crippen molar-refractivity contribution in [1.82, 2.24) is 15.2 Å². The highest BCUT2D eigenvalue weighted by atomic mass is 16.5. The van der Waals surface area contributed by atoms with E-state index in [0.717, 1.165) is 0 Å². The third kappa shape index (κ3) is 4.17. The number of ether oxygens (including phenoxy) is 1. The maximum absolute atomic E-state index is 12.4. The summed E-state index contributed by atoms with van der Waals surface area (Å²) in [4.78, 5) is 30.4. The largest absolute Gasteiger partial charge is 0.507 e. The first-order valence-corrected chi connectivity index (χ1v) is 8.56. The molecule has 3 N–H and O–H groups in total. The zero-order valence-corrected chi connectivity index (χ0v) is 14.8. The monoisotopic (exact) mass is 371 g/mol. The van der Waals surface area contributed by atoms with Gasteiger partial charge in [-0.2, -0.15) is 0 Å². The third-order valence-corrected chi connectivity index (χ3v) is 4.52. The van der Waals surface area contributed by atoms with Crippen LogP contribution in [0.2, 0.25) is 0 Å². The minimum absolute atomic E-state index is 0.0922. The van der Waals surface area contributed by atoms with Gasteiger partial charge in [-0.05, 0) is 30.7 Å². The molecule has 0 bridgehead atoms. The van der Waals surface area contributed by atoms with Gasteiger partial charge in [0.1, 0.15) is 17.2 Å².